The average molecular weight is 504 g/mol. The Morgan fingerprint density at radius 3 is 2.57 bits per heavy atom. The first-order valence-electron chi connectivity index (χ1n) is 12.3. The maximum atomic E-state index is 13.1. The Hall–Kier alpha value is -4.27. The minimum Gasteiger partial charge on any atom is -0.493 e. The van der Waals surface area contributed by atoms with Gasteiger partial charge >= 0.3 is 5.97 Å². The number of carbonyl (C=O) groups excluding carboxylic acids is 1. The predicted molar refractivity (Wildman–Crippen MR) is 137 cm³/mol. The number of hydrogen-bond donors (Lipinski definition) is 2. The fourth-order valence-corrected chi connectivity index (χ4v) is 5.08. The lowest BCUT2D eigenvalue weighted by atomic mass is 9.85. The number of imidazole rings is 1. The second-order valence-corrected chi connectivity index (χ2v) is 9.19. The summed E-state index contributed by atoms with van der Waals surface area (Å²) in [6.07, 6.45) is 9.42. The monoisotopic (exact) mass is 503 g/mol. The maximum absolute atomic E-state index is 13.1. The average Bonchev–Trinajstić information content (AvgIpc) is 3.58. The number of rotatable bonds is 8. The van der Waals surface area contributed by atoms with Gasteiger partial charge in [-0.15, -0.1) is 0 Å². The van der Waals surface area contributed by atoms with E-state index < -0.39 is 17.9 Å². The van der Waals surface area contributed by atoms with Crippen LogP contribution in [0.1, 0.15) is 65.5 Å². The van der Waals surface area contributed by atoms with Gasteiger partial charge in [0.2, 0.25) is 5.88 Å². The molecule has 0 saturated heterocycles. The molecule has 1 fully saturated rings. The van der Waals surface area contributed by atoms with Crippen LogP contribution in [0.5, 0.6) is 11.5 Å². The number of carboxylic acids is 1. The summed E-state index contributed by atoms with van der Waals surface area (Å²) in [4.78, 5) is 29.6. The number of benzene rings is 2. The van der Waals surface area contributed by atoms with E-state index in [1.54, 1.807) is 42.9 Å². The predicted octanol–water partition coefficient (Wildman–Crippen LogP) is 5.24. The third kappa shape index (κ3) is 4.76. The van der Waals surface area contributed by atoms with E-state index in [0.717, 1.165) is 24.2 Å². The van der Waals surface area contributed by atoms with E-state index in [1.165, 1.54) is 45.1 Å². The van der Waals surface area contributed by atoms with Crippen LogP contribution in [0, 0.1) is 0 Å². The molecule has 0 unspecified atom stereocenters. The van der Waals surface area contributed by atoms with Crippen molar-refractivity contribution in [2.45, 2.75) is 44.1 Å². The molecule has 1 atom stereocenters. The zero-order valence-corrected chi connectivity index (χ0v) is 20.8. The fourth-order valence-electron chi connectivity index (χ4n) is 5.08. The number of ether oxygens (including phenoxy) is 2. The van der Waals surface area contributed by atoms with Crippen molar-refractivity contribution < 1.29 is 28.6 Å². The highest BCUT2D eigenvalue weighted by atomic mass is 16.5. The number of amides is 1. The lowest BCUT2D eigenvalue weighted by Gasteiger charge is -2.21. The standard InChI is InChI=1S/C28H29N3O6/c1-35-23-11-9-18(15-24(23)36-2)25(28(33)34)30-26(32)19-8-10-22-21(14-19)29-16-31(22)27-20(12-13-37-27)17-6-4-3-5-7-17/h8-17,25H,3-7H2,1-2H3,(H,30,32)(H,33,34)/t25-/m0/s1. The van der Waals surface area contributed by atoms with Gasteiger partial charge in [-0.05, 0) is 60.7 Å². The van der Waals surface area contributed by atoms with Gasteiger partial charge in [-0.25, -0.2) is 9.78 Å². The zero-order valence-electron chi connectivity index (χ0n) is 20.8. The first-order chi connectivity index (χ1) is 18.0. The van der Waals surface area contributed by atoms with Crippen molar-refractivity contribution in [2.75, 3.05) is 14.2 Å². The second kappa shape index (κ2) is 10.4. The number of furan rings is 1. The zero-order chi connectivity index (χ0) is 25.9. The van der Waals surface area contributed by atoms with Gasteiger partial charge in [0.1, 0.15) is 6.33 Å². The molecule has 4 aromatic rings. The van der Waals surface area contributed by atoms with Crippen LogP contribution < -0.4 is 14.8 Å². The molecule has 2 aromatic heterocycles. The van der Waals surface area contributed by atoms with E-state index in [4.69, 9.17) is 13.9 Å². The lowest BCUT2D eigenvalue weighted by molar-refractivity contribution is -0.139. The van der Waals surface area contributed by atoms with E-state index in [1.807, 2.05) is 10.6 Å². The molecule has 0 aliphatic heterocycles. The SMILES string of the molecule is COc1ccc([C@H](NC(=O)c2ccc3c(c2)ncn3-c2occc2C2CCCCC2)C(=O)O)cc1OC. The normalized spacial score (nSPS) is 14.9. The molecule has 1 amide bonds. The lowest BCUT2D eigenvalue weighted by Crippen LogP contribution is -2.33. The molecule has 9 heteroatoms. The highest BCUT2D eigenvalue weighted by molar-refractivity contribution is 5.99. The van der Waals surface area contributed by atoms with Crippen LogP contribution in [0.15, 0.2) is 59.5 Å². The summed E-state index contributed by atoms with van der Waals surface area (Å²) in [7, 11) is 2.96. The van der Waals surface area contributed by atoms with Crippen molar-refractivity contribution in [3.8, 4) is 17.4 Å². The number of nitrogens with one attached hydrogen (secondary N) is 1. The summed E-state index contributed by atoms with van der Waals surface area (Å²) in [6, 6.07) is 10.6. The molecule has 1 saturated carbocycles. The van der Waals surface area contributed by atoms with E-state index in [-0.39, 0.29) is 0 Å². The first kappa shape index (κ1) is 24.4. The van der Waals surface area contributed by atoms with E-state index in [9.17, 15) is 14.7 Å². The van der Waals surface area contributed by atoms with Crippen molar-refractivity contribution >= 4 is 22.9 Å². The van der Waals surface area contributed by atoms with Gasteiger partial charge in [0.25, 0.3) is 5.91 Å². The van der Waals surface area contributed by atoms with Crippen LogP contribution in [-0.4, -0.2) is 40.8 Å². The fraction of sp³-hybridized carbons (Fsp3) is 0.321. The summed E-state index contributed by atoms with van der Waals surface area (Å²) in [5.41, 5.74) is 3.25. The number of aromatic nitrogens is 2. The van der Waals surface area contributed by atoms with Crippen molar-refractivity contribution in [3.05, 3.63) is 71.7 Å². The van der Waals surface area contributed by atoms with Crippen molar-refractivity contribution in [1.29, 1.82) is 0 Å². The van der Waals surface area contributed by atoms with Gasteiger partial charge < -0.3 is 24.3 Å². The number of aliphatic carboxylic acids is 1. The van der Waals surface area contributed by atoms with E-state index in [0.29, 0.717) is 34.1 Å². The molecule has 0 radical (unpaired) electrons. The number of fused-ring (bicyclic) bond motifs is 1. The molecule has 1 aliphatic carbocycles. The number of nitrogens with zero attached hydrogens (tertiary/aromatic N) is 2. The third-order valence-corrected chi connectivity index (χ3v) is 7.01. The Balaban J connectivity index is 1.40. The molecule has 1 aliphatic rings. The van der Waals surface area contributed by atoms with Crippen LogP contribution in [0.25, 0.3) is 16.9 Å². The van der Waals surface area contributed by atoms with Crippen LogP contribution in [0.3, 0.4) is 0 Å². The minimum absolute atomic E-state index is 0.302. The number of methoxy groups -OCH3 is 2. The van der Waals surface area contributed by atoms with Crippen molar-refractivity contribution in [1.82, 2.24) is 14.9 Å². The smallest absolute Gasteiger partial charge is 0.330 e. The summed E-state index contributed by atoms with van der Waals surface area (Å²) < 4.78 is 18.3. The maximum Gasteiger partial charge on any atom is 0.330 e. The van der Waals surface area contributed by atoms with Gasteiger partial charge in [-0.3, -0.25) is 9.36 Å². The summed E-state index contributed by atoms with van der Waals surface area (Å²) in [5, 5.41) is 12.4. The summed E-state index contributed by atoms with van der Waals surface area (Å²) in [6.45, 7) is 0. The van der Waals surface area contributed by atoms with Gasteiger partial charge in [0.15, 0.2) is 17.5 Å². The quantitative estimate of drug-likeness (QED) is 0.338. The number of hydrogen-bond acceptors (Lipinski definition) is 6. The molecule has 0 spiro atoms. The molecule has 192 valence electrons. The Kier molecular flexibility index (Phi) is 6.85. The van der Waals surface area contributed by atoms with E-state index in [2.05, 4.69) is 10.3 Å². The molecular weight excluding hydrogens is 474 g/mol. The van der Waals surface area contributed by atoms with Crippen LogP contribution in [0.4, 0.5) is 0 Å². The van der Waals surface area contributed by atoms with Crippen molar-refractivity contribution in [2.24, 2.45) is 0 Å². The summed E-state index contributed by atoms with van der Waals surface area (Å²) in [5.74, 6) is 0.336. The number of carbonyl (C=O) groups is 2. The molecular formula is C28H29N3O6. The van der Waals surface area contributed by atoms with Crippen LogP contribution in [-0.2, 0) is 4.79 Å². The van der Waals surface area contributed by atoms with E-state index >= 15 is 0 Å². The Morgan fingerprint density at radius 2 is 1.84 bits per heavy atom. The van der Waals surface area contributed by atoms with Crippen LogP contribution in [0.2, 0.25) is 0 Å². The van der Waals surface area contributed by atoms with Gasteiger partial charge in [0.05, 0.1) is 31.5 Å². The molecule has 2 heterocycles. The van der Waals surface area contributed by atoms with Gasteiger partial charge in [-0.2, -0.15) is 0 Å². The van der Waals surface area contributed by atoms with Crippen molar-refractivity contribution in [3.63, 3.8) is 0 Å². The Bertz CT molecular complexity index is 1430. The molecule has 37 heavy (non-hydrogen) atoms. The molecule has 2 aromatic carbocycles. The van der Waals surface area contributed by atoms with Gasteiger partial charge in [0, 0.05) is 11.1 Å². The number of carboxylic acid groups (broad SMARTS) is 1. The van der Waals surface area contributed by atoms with Gasteiger partial charge in [-0.1, -0.05) is 25.3 Å². The molecule has 9 nitrogen and oxygen atoms in total. The first-order valence-corrected chi connectivity index (χ1v) is 12.3. The van der Waals surface area contributed by atoms with Crippen LogP contribution >= 0.6 is 0 Å². The topological polar surface area (TPSA) is 116 Å². The Morgan fingerprint density at radius 1 is 1.05 bits per heavy atom. The largest absolute Gasteiger partial charge is 0.493 e. The molecule has 0 bridgehead atoms. The summed E-state index contributed by atoms with van der Waals surface area (Å²) >= 11 is 0. The molecule has 2 N–H and O–H groups in total. The molecule has 5 rings (SSSR count). The highest BCUT2D eigenvalue weighted by Gasteiger charge is 2.25. The minimum atomic E-state index is -1.28. The highest BCUT2D eigenvalue weighted by Crippen LogP contribution is 2.37. The third-order valence-electron chi connectivity index (χ3n) is 7.01. The Labute approximate surface area is 214 Å². The second-order valence-electron chi connectivity index (χ2n) is 9.19.